The predicted molar refractivity (Wildman–Crippen MR) is 117 cm³/mol. The number of fused-ring (bicyclic) bond motifs is 1. The van der Waals surface area contributed by atoms with Gasteiger partial charge in [0.2, 0.25) is 0 Å². The van der Waals surface area contributed by atoms with Crippen LogP contribution in [0.25, 0.3) is 10.8 Å². The van der Waals surface area contributed by atoms with E-state index in [1.54, 1.807) is 36.4 Å². The average molecular weight is 420 g/mol. The lowest BCUT2D eigenvalue weighted by Gasteiger charge is -2.26. The molecule has 0 aliphatic carbocycles. The van der Waals surface area contributed by atoms with Gasteiger partial charge in [-0.1, -0.05) is 18.2 Å². The molecule has 0 radical (unpaired) electrons. The SMILES string of the molecule is O=C(O)c1ccc(Cc2cc3cc(C(=O)NCN4CCOCC4)ccc3cc2O)cc1. The largest absolute Gasteiger partial charge is 0.508 e. The van der Waals surface area contributed by atoms with E-state index in [9.17, 15) is 14.7 Å². The number of carboxylic acids is 1. The van der Waals surface area contributed by atoms with E-state index in [0.29, 0.717) is 37.4 Å². The molecule has 0 bridgehead atoms. The van der Waals surface area contributed by atoms with Crippen molar-refractivity contribution in [1.82, 2.24) is 10.2 Å². The second-order valence-electron chi connectivity index (χ2n) is 7.62. The van der Waals surface area contributed by atoms with Gasteiger partial charge in [0.15, 0.2) is 0 Å². The first-order valence-electron chi connectivity index (χ1n) is 10.2. The number of hydrogen-bond acceptors (Lipinski definition) is 5. The van der Waals surface area contributed by atoms with Crippen LogP contribution in [0.2, 0.25) is 0 Å². The van der Waals surface area contributed by atoms with E-state index in [0.717, 1.165) is 29.4 Å². The highest BCUT2D eigenvalue weighted by Gasteiger charge is 2.13. The number of amides is 1. The lowest BCUT2D eigenvalue weighted by atomic mass is 9.98. The summed E-state index contributed by atoms with van der Waals surface area (Å²) in [6.45, 7) is 3.43. The number of aromatic carboxylic acids is 1. The van der Waals surface area contributed by atoms with Gasteiger partial charge in [0.25, 0.3) is 5.91 Å². The molecule has 0 saturated carbocycles. The van der Waals surface area contributed by atoms with Gasteiger partial charge in [-0.15, -0.1) is 0 Å². The highest BCUT2D eigenvalue weighted by molar-refractivity contribution is 5.99. The molecule has 7 nitrogen and oxygen atoms in total. The van der Waals surface area contributed by atoms with Crippen LogP contribution in [0, 0.1) is 0 Å². The molecule has 0 spiro atoms. The third kappa shape index (κ3) is 5.02. The van der Waals surface area contributed by atoms with Crippen LogP contribution in [0.5, 0.6) is 5.75 Å². The highest BCUT2D eigenvalue weighted by Crippen LogP contribution is 2.28. The molecule has 31 heavy (non-hydrogen) atoms. The number of ether oxygens (including phenoxy) is 1. The fourth-order valence-corrected chi connectivity index (χ4v) is 3.65. The van der Waals surface area contributed by atoms with Crippen molar-refractivity contribution < 1.29 is 24.5 Å². The first-order valence-corrected chi connectivity index (χ1v) is 10.2. The minimum absolute atomic E-state index is 0.146. The summed E-state index contributed by atoms with van der Waals surface area (Å²) in [4.78, 5) is 25.7. The molecule has 3 N–H and O–H groups in total. The Hall–Kier alpha value is -3.42. The summed E-state index contributed by atoms with van der Waals surface area (Å²) in [5.41, 5.74) is 2.38. The Labute approximate surface area is 179 Å². The zero-order chi connectivity index (χ0) is 21.8. The van der Waals surface area contributed by atoms with Crippen LogP contribution in [0.15, 0.2) is 54.6 Å². The normalized spacial score (nSPS) is 14.5. The summed E-state index contributed by atoms with van der Waals surface area (Å²) in [5, 5.41) is 24.1. The summed E-state index contributed by atoms with van der Waals surface area (Å²) in [6, 6.07) is 15.5. The van der Waals surface area contributed by atoms with Crippen molar-refractivity contribution >= 4 is 22.6 Å². The molecular weight excluding hydrogens is 396 g/mol. The second kappa shape index (κ2) is 9.16. The molecule has 160 valence electrons. The Balaban J connectivity index is 1.51. The van der Waals surface area contributed by atoms with Gasteiger partial charge in [-0.05, 0) is 58.3 Å². The molecule has 0 unspecified atom stereocenters. The number of nitrogens with zero attached hydrogens (tertiary/aromatic N) is 1. The number of aromatic hydroxyl groups is 1. The minimum atomic E-state index is -0.973. The van der Waals surface area contributed by atoms with Crippen molar-refractivity contribution in [2.45, 2.75) is 6.42 Å². The molecule has 0 aromatic heterocycles. The smallest absolute Gasteiger partial charge is 0.335 e. The summed E-state index contributed by atoms with van der Waals surface area (Å²) >= 11 is 0. The maximum absolute atomic E-state index is 12.6. The van der Waals surface area contributed by atoms with Crippen LogP contribution in [0.3, 0.4) is 0 Å². The Morgan fingerprint density at radius 1 is 0.935 bits per heavy atom. The van der Waals surface area contributed by atoms with Crippen LogP contribution >= 0.6 is 0 Å². The van der Waals surface area contributed by atoms with Gasteiger partial charge < -0.3 is 20.3 Å². The van der Waals surface area contributed by atoms with E-state index in [1.807, 2.05) is 18.2 Å². The average Bonchev–Trinajstić information content (AvgIpc) is 2.78. The van der Waals surface area contributed by atoms with Crippen molar-refractivity contribution in [3.63, 3.8) is 0 Å². The van der Waals surface area contributed by atoms with Crippen molar-refractivity contribution in [2.75, 3.05) is 33.0 Å². The zero-order valence-corrected chi connectivity index (χ0v) is 17.0. The monoisotopic (exact) mass is 420 g/mol. The van der Waals surface area contributed by atoms with E-state index < -0.39 is 5.97 Å². The topological polar surface area (TPSA) is 99.1 Å². The number of morpholine rings is 1. The van der Waals surface area contributed by atoms with Gasteiger partial charge in [0.05, 0.1) is 25.4 Å². The molecule has 1 saturated heterocycles. The molecule has 3 aromatic carbocycles. The number of hydrogen-bond donors (Lipinski definition) is 3. The Kier molecular flexibility index (Phi) is 6.16. The standard InChI is InChI=1S/C24H24N2O5/c27-22-14-18-5-6-19(23(28)25-15-26-7-9-31-10-8-26)12-20(18)13-21(22)11-16-1-3-17(4-2-16)24(29)30/h1-6,12-14,27H,7-11,15H2,(H,25,28)(H,29,30). The van der Waals surface area contributed by atoms with Crippen LogP contribution < -0.4 is 5.32 Å². The molecule has 4 rings (SSSR count). The third-order valence-corrected chi connectivity index (χ3v) is 5.46. The van der Waals surface area contributed by atoms with Gasteiger partial charge in [-0.3, -0.25) is 9.69 Å². The van der Waals surface area contributed by atoms with Gasteiger partial charge in [0, 0.05) is 25.1 Å². The fourth-order valence-electron chi connectivity index (χ4n) is 3.65. The van der Waals surface area contributed by atoms with E-state index in [1.165, 1.54) is 0 Å². The van der Waals surface area contributed by atoms with Gasteiger partial charge in [-0.25, -0.2) is 4.79 Å². The summed E-state index contributed by atoms with van der Waals surface area (Å²) in [5.74, 6) is -0.953. The lowest BCUT2D eigenvalue weighted by molar-refractivity contribution is 0.0334. The summed E-state index contributed by atoms with van der Waals surface area (Å²) < 4.78 is 5.32. The van der Waals surface area contributed by atoms with E-state index in [-0.39, 0.29) is 17.2 Å². The first kappa shape index (κ1) is 20.8. The number of carbonyl (C=O) groups is 2. The number of phenolic OH excluding ortho intramolecular Hbond substituents is 1. The van der Waals surface area contributed by atoms with Crippen molar-refractivity contribution in [1.29, 1.82) is 0 Å². The zero-order valence-electron chi connectivity index (χ0n) is 17.0. The lowest BCUT2D eigenvalue weighted by Crippen LogP contribution is -2.43. The molecule has 1 aliphatic rings. The Bertz CT molecular complexity index is 1100. The van der Waals surface area contributed by atoms with Gasteiger partial charge in [-0.2, -0.15) is 0 Å². The molecule has 3 aromatic rings. The van der Waals surface area contributed by atoms with Crippen LogP contribution in [0.4, 0.5) is 0 Å². The molecule has 1 aliphatic heterocycles. The molecule has 1 fully saturated rings. The number of rotatable bonds is 6. The predicted octanol–water partition coefficient (Wildman–Crippen LogP) is 2.85. The molecule has 1 amide bonds. The third-order valence-electron chi connectivity index (χ3n) is 5.46. The quantitative estimate of drug-likeness (QED) is 0.567. The van der Waals surface area contributed by atoms with Crippen LogP contribution in [-0.2, 0) is 11.2 Å². The highest BCUT2D eigenvalue weighted by atomic mass is 16.5. The van der Waals surface area contributed by atoms with Crippen molar-refractivity contribution in [3.05, 3.63) is 76.9 Å². The molecule has 7 heteroatoms. The number of nitrogens with one attached hydrogen (secondary N) is 1. The molecule has 1 heterocycles. The number of carbonyl (C=O) groups excluding carboxylic acids is 1. The number of carboxylic acid groups (broad SMARTS) is 1. The van der Waals surface area contributed by atoms with Gasteiger partial charge in [0.1, 0.15) is 5.75 Å². The summed E-state index contributed by atoms with van der Waals surface area (Å²) in [6.07, 6.45) is 0.453. The minimum Gasteiger partial charge on any atom is -0.508 e. The van der Waals surface area contributed by atoms with Gasteiger partial charge >= 0.3 is 5.97 Å². The Morgan fingerprint density at radius 3 is 2.35 bits per heavy atom. The molecule has 0 atom stereocenters. The van der Waals surface area contributed by atoms with E-state index in [2.05, 4.69) is 10.2 Å². The maximum Gasteiger partial charge on any atom is 0.335 e. The van der Waals surface area contributed by atoms with Crippen LogP contribution in [0.1, 0.15) is 31.8 Å². The van der Waals surface area contributed by atoms with Crippen molar-refractivity contribution in [3.8, 4) is 5.75 Å². The van der Waals surface area contributed by atoms with Crippen LogP contribution in [-0.4, -0.2) is 60.0 Å². The Morgan fingerprint density at radius 2 is 1.65 bits per heavy atom. The summed E-state index contributed by atoms with van der Waals surface area (Å²) in [7, 11) is 0. The van der Waals surface area contributed by atoms with E-state index in [4.69, 9.17) is 9.84 Å². The van der Waals surface area contributed by atoms with Crippen molar-refractivity contribution in [2.24, 2.45) is 0 Å². The number of benzene rings is 3. The first-order chi connectivity index (χ1) is 15.0. The molecular formula is C24H24N2O5. The number of phenols is 1. The second-order valence-corrected chi connectivity index (χ2v) is 7.62. The fraction of sp³-hybridized carbons (Fsp3) is 0.250. The maximum atomic E-state index is 12.6. The van der Waals surface area contributed by atoms with E-state index >= 15 is 0 Å².